The minimum atomic E-state index is 0.346. The Morgan fingerprint density at radius 1 is 0.778 bits per heavy atom. The second-order valence-electron chi connectivity index (χ2n) is 9.96. The van der Waals surface area contributed by atoms with Crippen LogP contribution in [0.3, 0.4) is 0 Å². The van der Waals surface area contributed by atoms with Gasteiger partial charge in [0.2, 0.25) is 0 Å². The molecule has 0 aromatic heterocycles. The molecular weight excluding hydrogens is 436 g/mol. The molecule has 1 unspecified atom stereocenters. The van der Waals surface area contributed by atoms with Crippen molar-refractivity contribution in [1.29, 1.82) is 0 Å². The first kappa shape index (κ1) is 21.1. The van der Waals surface area contributed by atoms with E-state index < -0.39 is 0 Å². The van der Waals surface area contributed by atoms with E-state index >= 15 is 0 Å². The Kier molecular flexibility index (Phi) is 4.79. The first-order chi connectivity index (χ1) is 17.8. The summed E-state index contributed by atoms with van der Waals surface area (Å²) in [5, 5.41) is 8.24. The van der Waals surface area contributed by atoms with Crippen LogP contribution in [0.4, 0.5) is 0 Å². The number of hydrogen-bond donors (Lipinski definition) is 0. The van der Waals surface area contributed by atoms with E-state index in [4.69, 9.17) is 0 Å². The van der Waals surface area contributed by atoms with Crippen molar-refractivity contribution in [2.75, 3.05) is 0 Å². The van der Waals surface area contributed by atoms with E-state index in [0.29, 0.717) is 5.92 Å². The molecule has 1 atom stereocenters. The van der Waals surface area contributed by atoms with E-state index in [9.17, 15) is 4.79 Å². The molecule has 0 amide bonds. The molecule has 0 saturated carbocycles. The first-order valence-electron chi connectivity index (χ1n) is 12.8. The molecule has 0 spiro atoms. The summed E-state index contributed by atoms with van der Waals surface area (Å²) in [6, 6.07) is 28.2. The van der Waals surface area contributed by atoms with Crippen molar-refractivity contribution in [2.45, 2.75) is 25.2 Å². The van der Waals surface area contributed by atoms with Gasteiger partial charge in [-0.05, 0) is 90.7 Å². The second kappa shape index (κ2) is 8.17. The number of carbonyl (C=O) groups excluding carboxylic acids is 1. The Balaban J connectivity index is 1.54. The number of benzene rings is 5. The fourth-order valence-electron chi connectivity index (χ4n) is 6.51. The lowest BCUT2D eigenvalue weighted by Crippen LogP contribution is -2.32. The molecule has 172 valence electrons. The zero-order valence-electron chi connectivity index (χ0n) is 20.1. The van der Waals surface area contributed by atoms with Crippen molar-refractivity contribution >= 4 is 46.1 Å². The highest BCUT2D eigenvalue weighted by molar-refractivity contribution is 6.12. The van der Waals surface area contributed by atoms with Crippen LogP contribution in [-0.4, -0.2) is 6.29 Å². The van der Waals surface area contributed by atoms with Crippen LogP contribution < -0.4 is 10.4 Å². The smallest absolute Gasteiger partial charge is 0.150 e. The summed E-state index contributed by atoms with van der Waals surface area (Å²) in [6.45, 7) is 3.97. The molecule has 7 rings (SSSR count). The Labute approximate surface area is 210 Å². The molecule has 2 aliphatic carbocycles. The monoisotopic (exact) mass is 462 g/mol. The highest BCUT2D eigenvalue weighted by atomic mass is 16.1. The fraction of sp³-hybridized carbons (Fsp3) is 0.114. The Bertz CT molecular complexity index is 1850. The predicted octanol–water partition coefficient (Wildman–Crippen LogP) is 7.16. The summed E-state index contributed by atoms with van der Waals surface area (Å²) in [5.74, 6) is 0.346. The summed E-state index contributed by atoms with van der Waals surface area (Å²) in [6.07, 6.45) is 10.8. The molecule has 0 radical (unpaired) electrons. The van der Waals surface area contributed by atoms with Crippen molar-refractivity contribution in [3.8, 4) is 11.1 Å². The van der Waals surface area contributed by atoms with Crippen molar-refractivity contribution in [2.24, 2.45) is 0 Å². The standard InChI is InChI=1S/C35H26O/c1-2-22-7-3-9-24(19-22)26-15-17-32-31-14-6-12-29-27(25-10-4-8-23(20-25)21-36)16-18-33(35(29)31)30-13-5-11-28(26)34(30)32/h2-5,7-11,13-14,16-21,26H,1,6,12,15H2. The predicted molar refractivity (Wildman–Crippen MR) is 152 cm³/mol. The van der Waals surface area contributed by atoms with Gasteiger partial charge in [0.1, 0.15) is 6.29 Å². The average Bonchev–Trinajstić information content (AvgIpc) is 2.95. The van der Waals surface area contributed by atoms with Crippen molar-refractivity contribution in [1.82, 2.24) is 0 Å². The molecule has 0 heterocycles. The van der Waals surface area contributed by atoms with Crippen LogP contribution in [0, 0.1) is 0 Å². The third kappa shape index (κ3) is 3.06. The maximum atomic E-state index is 11.4. The summed E-state index contributed by atoms with van der Waals surface area (Å²) in [5.41, 5.74) is 8.45. The van der Waals surface area contributed by atoms with Gasteiger partial charge in [-0.15, -0.1) is 0 Å². The van der Waals surface area contributed by atoms with Gasteiger partial charge in [-0.25, -0.2) is 0 Å². The van der Waals surface area contributed by atoms with E-state index in [1.165, 1.54) is 59.8 Å². The number of rotatable bonds is 4. The van der Waals surface area contributed by atoms with Crippen LogP contribution in [0.5, 0.6) is 0 Å². The van der Waals surface area contributed by atoms with Gasteiger partial charge in [0.25, 0.3) is 0 Å². The van der Waals surface area contributed by atoms with Gasteiger partial charge in [-0.2, -0.15) is 0 Å². The van der Waals surface area contributed by atoms with Crippen LogP contribution in [-0.2, 0) is 6.42 Å². The van der Waals surface area contributed by atoms with Crippen LogP contribution in [0.2, 0.25) is 0 Å². The molecule has 36 heavy (non-hydrogen) atoms. The van der Waals surface area contributed by atoms with E-state index in [1.807, 2.05) is 24.3 Å². The molecule has 0 saturated heterocycles. The Morgan fingerprint density at radius 2 is 1.58 bits per heavy atom. The molecule has 0 bridgehead atoms. The second-order valence-corrected chi connectivity index (χ2v) is 9.96. The molecule has 0 N–H and O–H groups in total. The quantitative estimate of drug-likeness (QED) is 0.205. The van der Waals surface area contributed by atoms with Gasteiger partial charge in [-0.1, -0.05) is 97.6 Å². The minimum absolute atomic E-state index is 0.346. The molecule has 1 heteroatoms. The van der Waals surface area contributed by atoms with Crippen LogP contribution >= 0.6 is 0 Å². The van der Waals surface area contributed by atoms with Gasteiger partial charge in [0, 0.05) is 11.5 Å². The largest absolute Gasteiger partial charge is 0.298 e. The maximum absolute atomic E-state index is 11.4. The number of aldehydes is 1. The number of carbonyl (C=O) groups is 1. The third-order valence-electron chi connectivity index (χ3n) is 8.09. The molecule has 5 aromatic rings. The molecular formula is C35H26O. The molecule has 0 aliphatic heterocycles. The lowest BCUT2D eigenvalue weighted by atomic mass is 9.78. The van der Waals surface area contributed by atoms with Crippen molar-refractivity contribution in [3.05, 3.63) is 124 Å². The van der Waals surface area contributed by atoms with Gasteiger partial charge in [0.15, 0.2) is 0 Å². The van der Waals surface area contributed by atoms with E-state index in [0.717, 1.165) is 36.7 Å². The highest BCUT2D eigenvalue weighted by Gasteiger charge is 2.24. The molecule has 0 fully saturated rings. The number of fused-ring (bicyclic) bond motifs is 2. The fourth-order valence-corrected chi connectivity index (χ4v) is 6.51. The summed E-state index contributed by atoms with van der Waals surface area (Å²) < 4.78 is 0. The number of hydrogen-bond acceptors (Lipinski definition) is 1. The van der Waals surface area contributed by atoms with Gasteiger partial charge in [-0.3, -0.25) is 4.79 Å². The summed E-state index contributed by atoms with van der Waals surface area (Å²) in [4.78, 5) is 11.4. The van der Waals surface area contributed by atoms with Crippen molar-refractivity contribution in [3.63, 3.8) is 0 Å². The Morgan fingerprint density at radius 3 is 2.47 bits per heavy atom. The Hall–Kier alpha value is -4.23. The highest BCUT2D eigenvalue weighted by Crippen LogP contribution is 2.39. The lowest BCUT2D eigenvalue weighted by molar-refractivity contribution is 0.112. The van der Waals surface area contributed by atoms with E-state index in [1.54, 1.807) is 0 Å². The first-order valence-corrected chi connectivity index (χ1v) is 12.8. The number of aryl methyl sites for hydroxylation is 1. The topological polar surface area (TPSA) is 17.1 Å². The van der Waals surface area contributed by atoms with Gasteiger partial charge < -0.3 is 0 Å². The molecule has 5 aromatic carbocycles. The summed E-state index contributed by atoms with van der Waals surface area (Å²) in [7, 11) is 0. The van der Waals surface area contributed by atoms with Gasteiger partial charge >= 0.3 is 0 Å². The SMILES string of the molecule is C=Cc1cccc(C2CC=c3c4c5c(c(-c6cccc(C=O)c6)ccc5c5cccc2c35)CCC=4)c1. The van der Waals surface area contributed by atoms with Crippen LogP contribution in [0.15, 0.2) is 85.4 Å². The van der Waals surface area contributed by atoms with Crippen molar-refractivity contribution < 1.29 is 4.79 Å². The third-order valence-corrected chi connectivity index (χ3v) is 8.09. The maximum Gasteiger partial charge on any atom is 0.150 e. The molecule has 1 nitrogen and oxygen atoms in total. The zero-order chi connectivity index (χ0) is 24.2. The summed E-state index contributed by atoms with van der Waals surface area (Å²) >= 11 is 0. The van der Waals surface area contributed by atoms with Gasteiger partial charge in [0.05, 0.1) is 0 Å². The normalized spacial score (nSPS) is 15.8. The van der Waals surface area contributed by atoms with E-state index in [2.05, 4.69) is 79.4 Å². The van der Waals surface area contributed by atoms with E-state index in [-0.39, 0.29) is 0 Å². The van der Waals surface area contributed by atoms with Crippen LogP contribution in [0.25, 0.3) is 50.9 Å². The molecule has 2 aliphatic rings. The average molecular weight is 463 g/mol. The lowest BCUT2D eigenvalue weighted by Gasteiger charge is -2.26. The van der Waals surface area contributed by atoms with Crippen LogP contribution in [0.1, 0.15) is 51.4 Å². The zero-order valence-corrected chi connectivity index (χ0v) is 20.1. The minimum Gasteiger partial charge on any atom is -0.298 e.